The molecule has 0 aromatic heterocycles. The molecule has 0 radical (unpaired) electrons. The van der Waals surface area contributed by atoms with Crippen LogP contribution in [-0.4, -0.2) is 26.8 Å². The van der Waals surface area contributed by atoms with Gasteiger partial charge < -0.3 is 10.6 Å². The Morgan fingerprint density at radius 3 is 2.11 bits per heavy atom. The van der Waals surface area contributed by atoms with E-state index in [4.69, 9.17) is 0 Å². The van der Waals surface area contributed by atoms with Crippen LogP contribution in [0.2, 0.25) is 0 Å². The van der Waals surface area contributed by atoms with Gasteiger partial charge in [0, 0.05) is 12.1 Å². The van der Waals surface area contributed by atoms with E-state index in [2.05, 4.69) is 15.4 Å². The van der Waals surface area contributed by atoms with Gasteiger partial charge in [0.05, 0.1) is 21.8 Å². The number of carbonyl (C=O) groups excluding carboxylic acids is 2. The van der Waals surface area contributed by atoms with Crippen molar-refractivity contribution in [1.29, 1.82) is 0 Å². The summed E-state index contributed by atoms with van der Waals surface area (Å²) in [5.41, 5.74) is 3.65. The molecular weight excluding hydrogens is 498 g/mol. The van der Waals surface area contributed by atoms with Crippen molar-refractivity contribution in [3.05, 3.63) is 125 Å². The van der Waals surface area contributed by atoms with Crippen LogP contribution in [0.25, 0.3) is 0 Å². The summed E-state index contributed by atoms with van der Waals surface area (Å²) in [7, 11) is -3.94. The monoisotopic (exact) mass is 527 g/mol. The van der Waals surface area contributed by atoms with E-state index in [0.29, 0.717) is 35.5 Å². The standard InChI is InChI=1S/C30H29N3O4S/c1-21-10-6-8-14-26(21)33-38(36,37)28-20-24(17-16-22(28)2)29(34)32-27-15-9-7-13-25(27)30(35)31-19-18-23-11-4-3-5-12-23/h3-17,20,33H,18-19H2,1-2H3,(H,31,35)(H,32,34). The molecule has 0 aliphatic heterocycles. The van der Waals surface area contributed by atoms with Gasteiger partial charge in [0.15, 0.2) is 0 Å². The molecule has 7 nitrogen and oxygen atoms in total. The zero-order chi connectivity index (χ0) is 27.1. The molecule has 0 heterocycles. The van der Waals surface area contributed by atoms with E-state index < -0.39 is 15.9 Å². The maximum atomic E-state index is 13.2. The molecule has 0 aliphatic rings. The Hall–Kier alpha value is -4.43. The number of amides is 2. The smallest absolute Gasteiger partial charge is 0.262 e. The van der Waals surface area contributed by atoms with E-state index in [-0.39, 0.29) is 16.4 Å². The lowest BCUT2D eigenvalue weighted by atomic mass is 10.1. The Bertz CT molecular complexity index is 1570. The number of para-hydroxylation sites is 2. The van der Waals surface area contributed by atoms with Crippen LogP contribution in [0.5, 0.6) is 0 Å². The van der Waals surface area contributed by atoms with Gasteiger partial charge in [-0.05, 0) is 67.3 Å². The number of carbonyl (C=O) groups is 2. The zero-order valence-corrected chi connectivity index (χ0v) is 22.0. The summed E-state index contributed by atoms with van der Waals surface area (Å²) < 4.78 is 28.9. The van der Waals surface area contributed by atoms with Crippen molar-refractivity contribution in [3.8, 4) is 0 Å². The summed E-state index contributed by atoms with van der Waals surface area (Å²) in [5.74, 6) is -0.840. The molecule has 3 N–H and O–H groups in total. The summed E-state index contributed by atoms with van der Waals surface area (Å²) in [6.45, 7) is 3.92. The van der Waals surface area contributed by atoms with Gasteiger partial charge in [-0.2, -0.15) is 0 Å². The molecule has 0 unspecified atom stereocenters. The summed E-state index contributed by atoms with van der Waals surface area (Å²) in [6, 6.07) is 28.1. The van der Waals surface area contributed by atoms with Crippen LogP contribution in [0.15, 0.2) is 102 Å². The molecule has 38 heavy (non-hydrogen) atoms. The first-order chi connectivity index (χ1) is 18.2. The predicted octanol–water partition coefficient (Wildman–Crippen LogP) is 5.33. The number of anilines is 2. The zero-order valence-electron chi connectivity index (χ0n) is 21.2. The molecule has 0 spiro atoms. The number of benzene rings is 4. The minimum atomic E-state index is -3.94. The molecule has 0 atom stereocenters. The van der Waals surface area contributed by atoms with Gasteiger partial charge >= 0.3 is 0 Å². The normalized spacial score (nSPS) is 11.0. The molecule has 0 saturated carbocycles. The van der Waals surface area contributed by atoms with Crippen molar-refractivity contribution in [2.45, 2.75) is 25.2 Å². The molecule has 194 valence electrons. The Labute approximate surface area is 223 Å². The van der Waals surface area contributed by atoms with Crippen LogP contribution < -0.4 is 15.4 Å². The fraction of sp³-hybridized carbons (Fsp3) is 0.133. The average molecular weight is 528 g/mol. The lowest BCUT2D eigenvalue weighted by Gasteiger charge is -2.14. The number of rotatable bonds is 9. The Morgan fingerprint density at radius 1 is 0.711 bits per heavy atom. The van der Waals surface area contributed by atoms with Crippen molar-refractivity contribution in [1.82, 2.24) is 5.32 Å². The summed E-state index contributed by atoms with van der Waals surface area (Å²) >= 11 is 0. The second-order valence-corrected chi connectivity index (χ2v) is 10.5. The molecule has 2 amide bonds. The quantitative estimate of drug-likeness (QED) is 0.274. The maximum Gasteiger partial charge on any atom is 0.262 e. The summed E-state index contributed by atoms with van der Waals surface area (Å²) in [6.07, 6.45) is 0.679. The Morgan fingerprint density at radius 2 is 1.37 bits per heavy atom. The fourth-order valence-corrected chi connectivity index (χ4v) is 5.37. The number of sulfonamides is 1. The second-order valence-electron chi connectivity index (χ2n) is 8.89. The predicted molar refractivity (Wildman–Crippen MR) is 150 cm³/mol. The highest BCUT2D eigenvalue weighted by Crippen LogP contribution is 2.24. The molecule has 8 heteroatoms. The SMILES string of the molecule is Cc1ccccc1NS(=O)(=O)c1cc(C(=O)Nc2ccccc2C(=O)NCCc2ccccc2)ccc1C. The summed E-state index contributed by atoms with van der Waals surface area (Å²) in [4.78, 5) is 26.0. The number of hydrogen-bond donors (Lipinski definition) is 3. The van der Waals surface area contributed by atoms with Crippen molar-refractivity contribution in [2.75, 3.05) is 16.6 Å². The van der Waals surface area contributed by atoms with Crippen LogP contribution in [0.4, 0.5) is 11.4 Å². The van der Waals surface area contributed by atoms with Crippen LogP contribution >= 0.6 is 0 Å². The molecule has 0 aliphatic carbocycles. The first-order valence-corrected chi connectivity index (χ1v) is 13.6. The summed E-state index contributed by atoms with van der Waals surface area (Å²) in [5, 5.41) is 5.64. The highest BCUT2D eigenvalue weighted by Gasteiger charge is 2.21. The van der Waals surface area contributed by atoms with Crippen molar-refractivity contribution >= 4 is 33.2 Å². The van der Waals surface area contributed by atoms with Gasteiger partial charge in [-0.15, -0.1) is 0 Å². The fourth-order valence-electron chi connectivity index (χ4n) is 3.96. The Balaban J connectivity index is 1.50. The van der Waals surface area contributed by atoms with Gasteiger partial charge in [0.2, 0.25) is 0 Å². The van der Waals surface area contributed by atoms with E-state index in [1.54, 1.807) is 55.5 Å². The minimum Gasteiger partial charge on any atom is -0.352 e. The molecule has 4 rings (SSSR count). The van der Waals surface area contributed by atoms with Crippen LogP contribution in [0.3, 0.4) is 0 Å². The van der Waals surface area contributed by atoms with Gasteiger partial charge in [-0.3, -0.25) is 14.3 Å². The van der Waals surface area contributed by atoms with Crippen LogP contribution in [0.1, 0.15) is 37.4 Å². The first kappa shape index (κ1) is 26.6. The number of hydrogen-bond acceptors (Lipinski definition) is 4. The minimum absolute atomic E-state index is 0.000318. The first-order valence-electron chi connectivity index (χ1n) is 12.2. The molecule has 0 saturated heterocycles. The Kier molecular flexibility index (Phi) is 8.23. The molecular formula is C30H29N3O4S. The second kappa shape index (κ2) is 11.7. The lowest BCUT2D eigenvalue weighted by molar-refractivity contribution is 0.0955. The van der Waals surface area contributed by atoms with Gasteiger partial charge in [0.1, 0.15) is 0 Å². The van der Waals surface area contributed by atoms with Crippen molar-refractivity contribution in [2.24, 2.45) is 0 Å². The number of aryl methyl sites for hydroxylation is 2. The van der Waals surface area contributed by atoms with Crippen LogP contribution in [0, 0.1) is 13.8 Å². The van der Waals surface area contributed by atoms with E-state index >= 15 is 0 Å². The number of nitrogens with one attached hydrogen (secondary N) is 3. The highest BCUT2D eigenvalue weighted by atomic mass is 32.2. The van der Waals surface area contributed by atoms with Crippen molar-refractivity contribution in [3.63, 3.8) is 0 Å². The lowest BCUT2D eigenvalue weighted by Crippen LogP contribution is -2.27. The van der Waals surface area contributed by atoms with Gasteiger partial charge in [-0.25, -0.2) is 8.42 Å². The van der Waals surface area contributed by atoms with E-state index in [0.717, 1.165) is 11.1 Å². The largest absolute Gasteiger partial charge is 0.352 e. The van der Waals surface area contributed by atoms with Gasteiger partial charge in [-0.1, -0.05) is 66.7 Å². The molecule has 0 fully saturated rings. The molecule has 4 aromatic carbocycles. The topological polar surface area (TPSA) is 104 Å². The van der Waals surface area contributed by atoms with E-state index in [9.17, 15) is 18.0 Å². The average Bonchev–Trinajstić information content (AvgIpc) is 2.91. The molecule has 0 bridgehead atoms. The third-order valence-electron chi connectivity index (χ3n) is 6.09. The third kappa shape index (κ3) is 6.46. The van der Waals surface area contributed by atoms with Crippen molar-refractivity contribution < 1.29 is 18.0 Å². The maximum absolute atomic E-state index is 13.2. The van der Waals surface area contributed by atoms with E-state index in [1.807, 2.05) is 49.4 Å². The highest BCUT2D eigenvalue weighted by molar-refractivity contribution is 7.92. The van der Waals surface area contributed by atoms with Crippen LogP contribution in [-0.2, 0) is 16.4 Å². The molecule has 4 aromatic rings. The van der Waals surface area contributed by atoms with E-state index in [1.165, 1.54) is 6.07 Å². The van der Waals surface area contributed by atoms with Gasteiger partial charge in [0.25, 0.3) is 21.8 Å². The third-order valence-corrected chi connectivity index (χ3v) is 7.60.